The van der Waals surface area contributed by atoms with Gasteiger partial charge in [0.25, 0.3) is 5.91 Å². The fraction of sp³-hybridized carbons (Fsp3) is 0.375. The minimum atomic E-state index is -0.645. The number of nitrogens with zero attached hydrogens (tertiary/aromatic N) is 4. The van der Waals surface area contributed by atoms with Crippen LogP contribution in [0.15, 0.2) is 36.8 Å². The molecule has 2 N–H and O–H groups in total. The molecule has 10 heteroatoms. The Labute approximate surface area is 200 Å². The van der Waals surface area contributed by atoms with Crippen LogP contribution in [0.1, 0.15) is 57.4 Å². The van der Waals surface area contributed by atoms with Crippen molar-refractivity contribution in [2.45, 2.75) is 37.5 Å². The topological polar surface area (TPSA) is 100 Å². The fourth-order valence-corrected chi connectivity index (χ4v) is 5.23. The van der Waals surface area contributed by atoms with Gasteiger partial charge in [-0.25, -0.2) is 14.2 Å². The second-order valence-electron chi connectivity index (χ2n) is 8.90. The van der Waals surface area contributed by atoms with Crippen molar-refractivity contribution < 1.29 is 14.0 Å². The van der Waals surface area contributed by atoms with Gasteiger partial charge in [0, 0.05) is 37.9 Å². The maximum atomic E-state index is 14.5. The summed E-state index contributed by atoms with van der Waals surface area (Å²) in [6.07, 6.45) is 5.71. The summed E-state index contributed by atoms with van der Waals surface area (Å²) in [5, 5.41) is 6.27. The Morgan fingerprint density at radius 1 is 1.24 bits per heavy atom. The number of urea groups is 1. The zero-order valence-corrected chi connectivity index (χ0v) is 19.8. The van der Waals surface area contributed by atoms with Crippen molar-refractivity contribution in [1.82, 2.24) is 24.6 Å². The number of amides is 3. The van der Waals surface area contributed by atoms with Gasteiger partial charge in [-0.15, -0.1) is 0 Å². The molecule has 1 atom stereocenters. The number of carbonyl (C=O) groups is 2. The summed E-state index contributed by atoms with van der Waals surface area (Å²) in [7, 11) is 1.54. The van der Waals surface area contributed by atoms with Crippen LogP contribution in [-0.4, -0.2) is 51.3 Å². The lowest BCUT2D eigenvalue weighted by Crippen LogP contribution is -2.38. The molecule has 34 heavy (non-hydrogen) atoms. The third-order valence-electron chi connectivity index (χ3n) is 6.69. The number of hydrogen-bond acceptors (Lipinski definition) is 6. The van der Waals surface area contributed by atoms with E-state index >= 15 is 0 Å². The number of hydrogen-bond donors (Lipinski definition) is 2. The number of likely N-dealkylation sites (tertiary alicyclic amines) is 1. The lowest BCUT2D eigenvalue weighted by molar-refractivity contribution is 0.0963. The number of pyridine rings is 1. The third kappa shape index (κ3) is 4.02. The standard InChI is InChI=1S/C24H25FN6O2S/c1-14-3-6-16(9-18(14)25)24(22-28-13-29-34-22)7-8-31(12-24)23(33)30-20-10-19(15-4-5-15)27-11-17(20)21(32)26-2/h3,6,9-11,13,15H,4-5,7-8,12H2,1-2H3,(H,26,32)(H,27,30,33)/t24-/m1/s1. The largest absolute Gasteiger partial charge is 0.355 e. The van der Waals surface area contributed by atoms with Crippen LogP contribution in [0, 0.1) is 12.7 Å². The summed E-state index contributed by atoms with van der Waals surface area (Å²) in [4.78, 5) is 36.2. The third-order valence-corrected chi connectivity index (χ3v) is 7.55. The highest BCUT2D eigenvalue weighted by atomic mass is 32.1. The number of nitrogens with one attached hydrogen (secondary N) is 2. The minimum Gasteiger partial charge on any atom is -0.355 e. The van der Waals surface area contributed by atoms with Gasteiger partial charge in [0.2, 0.25) is 0 Å². The molecule has 176 valence electrons. The van der Waals surface area contributed by atoms with Gasteiger partial charge < -0.3 is 15.5 Å². The molecule has 8 nitrogen and oxygen atoms in total. The first-order chi connectivity index (χ1) is 16.4. The maximum absolute atomic E-state index is 14.5. The first kappa shape index (κ1) is 22.4. The molecule has 3 aromatic rings. The SMILES string of the molecule is CNC(=O)c1cnc(C2CC2)cc1NC(=O)N1CC[C@@](c2ccc(C)c(F)c2)(c2ncns2)C1. The van der Waals surface area contributed by atoms with Gasteiger partial charge in [0.05, 0.1) is 16.7 Å². The minimum absolute atomic E-state index is 0.288. The summed E-state index contributed by atoms with van der Waals surface area (Å²) >= 11 is 1.26. The average Bonchev–Trinajstić information content (AvgIpc) is 3.34. The Morgan fingerprint density at radius 3 is 2.74 bits per heavy atom. The zero-order valence-electron chi connectivity index (χ0n) is 19.0. The fourth-order valence-electron chi connectivity index (χ4n) is 4.48. The van der Waals surface area contributed by atoms with E-state index < -0.39 is 5.41 Å². The number of aryl methyl sites for hydroxylation is 1. The monoisotopic (exact) mass is 480 g/mol. The zero-order chi connectivity index (χ0) is 23.9. The summed E-state index contributed by atoms with van der Waals surface area (Å²) in [5.41, 5.74) is 2.33. The molecule has 0 spiro atoms. The van der Waals surface area contributed by atoms with Gasteiger partial charge in [-0.2, -0.15) is 4.37 Å². The molecule has 3 amide bonds. The van der Waals surface area contributed by atoms with Gasteiger partial charge >= 0.3 is 6.03 Å². The molecule has 1 aliphatic heterocycles. The first-order valence-electron chi connectivity index (χ1n) is 11.2. The Morgan fingerprint density at radius 2 is 2.06 bits per heavy atom. The van der Waals surface area contributed by atoms with Gasteiger partial charge in [0.15, 0.2) is 0 Å². The summed E-state index contributed by atoms with van der Waals surface area (Å²) in [6.45, 7) is 2.50. The van der Waals surface area contributed by atoms with E-state index in [2.05, 4.69) is 25.0 Å². The Balaban J connectivity index is 1.43. The van der Waals surface area contributed by atoms with Gasteiger partial charge in [0.1, 0.15) is 17.2 Å². The summed E-state index contributed by atoms with van der Waals surface area (Å²) in [6, 6.07) is 6.66. The molecule has 0 bridgehead atoms. The molecule has 2 fully saturated rings. The van der Waals surface area contributed by atoms with Crippen LogP contribution in [0.3, 0.4) is 0 Å². The number of carbonyl (C=O) groups excluding carboxylic acids is 2. The number of aromatic nitrogens is 3. The molecule has 1 aliphatic carbocycles. The van der Waals surface area contributed by atoms with E-state index in [0.717, 1.165) is 29.1 Å². The molecule has 1 aromatic carbocycles. The molecule has 0 unspecified atom stereocenters. The summed E-state index contributed by atoms with van der Waals surface area (Å²) in [5.74, 6) is -0.225. The van der Waals surface area contributed by atoms with Crippen molar-refractivity contribution in [2.75, 3.05) is 25.5 Å². The predicted octanol–water partition coefficient (Wildman–Crippen LogP) is 3.84. The summed E-state index contributed by atoms with van der Waals surface area (Å²) < 4.78 is 18.6. The highest BCUT2D eigenvalue weighted by Crippen LogP contribution is 2.42. The second kappa shape index (κ2) is 8.75. The number of benzene rings is 1. The predicted molar refractivity (Wildman–Crippen MR) is 127 cm³/mol. The van der Waals surface area contributed by atoms with Crippen LogP contribution in [0.5, 0.6) is 0 Å². The Hall–Kier alpha value is -3.40. The van der Waals surface area contributed by atoms with Crippen LogP contribution in [0.4, 0.5) is 14.9 Å². The molecule has 5 rings (SSSR count). The number of halogens is 1. The highest BCUT2D eigenvalue weighted by molar-refractivity contribution is 7.05. The first-order valence-corrected chi connectivity index (χ1v) is 12.0. The van der Waals surface area contributed by atoms with Crippen molar-refractivity contribution in [3.8, 4) is 0 Å². The highest BCUT2D eigenvalue weighted by Gasteiger charge is 2.45. The molecular weight excluding hydrogens is 455 g/mol. The van der Waals surface area contributed by atoms with E-state index in [1.54, 1.807) is 31.0 Å². The smallest absolute Gasteiger partial charge is 0.321 e. The molecule has 1 saturated heterocycles. The Bertz CT molecular complexity index is 1250. The molecule has 0 radical (unpaired) electrons. The molecule has 2 aromatic heterocycles. The number of rotatable bonds is 5. The van der Waals surface area contributed by atoms with Crippen molar-refractivity contribution >= 4 is 29.2 Å². The molecule has 3 heterocycles. The van der Waals surface area contributed by atoms with E-state index in [-0.39, 0.29) is 17.8 Å². The van der Waals surface area contributed by atoms with E-state index in [1.807, 2.05) is 6.07 Å². The quantitative estimate of drug-likeness (QED) is 0.578. The van der Waals surface area contributed by atoms with E-state index in [9.17, 15) is 14.0 Å². The van der Waals surface area contributed by atoms with Crippen LogP contribution in [0.25, 0.3) is 0 Å². The van der Waals surface area contributed by atoms with Crippen LogP contribution in [-0.2, 0) is 5.41 Å². The van der Waals surface area contributed by atoms with E-state index in [1.165, 1.54) is 30.1 Å². The van der Waals surface area contributed by atoms with E-state index in [4.69, 9.17) is 0 Å². The van der Waals surface area contributed by atoms with Crippen LogP contribution < -0.4 is 10.6 Å². The average molecular weight is 481 g/mol. The molecule has 1 saturated carbocycles. The lowest BCUT2D eigenvalue weighted by Gasteiger charge is -2.28. The molecule has 2 aliphatic rings. The van der Waals surface area contributed by atoms with Gasteiger partial charge in [-0.05, 0) is 61.0 Å². The van der Waals surface area contributed by atoms with Crippen molar-refractivity contribution in [3.05, 3.63) is 70.0 Å². The van der Waals surface area contributed by atoms with E-state index in [0.29, 0.717) is 42.2 Å². The van der Waals surface area contributed by atoms with Crippen molar-refractivity contribution in [3.63, 3.8) is 0 Å². The van der Waals surface area contributed by atoms with Crippen molar-refractivity contribution in [1.29, 1.82) is 0 Å². The van der Waals surface area contributed by atoms with Gasteiger partial charge in [-0.1, -0.05) is 12.1 Å². The van der Waals surface area contributed by atoms with Crippen LogP contribution >= 0.6 is 11.5 Å². The van der Waals surface area contributed by atoms with Gasteiger partial charge in [-0.3, -0.25) is 9.78 Å². The molecular formula is C24H25FN6O2S. The number of anilines is 1. The Kier molecular flexibility index (Phi) is 5.76. The maximum Gasteiger partial charge on any atom is 0.321 e. The van der Waals surface area contributed by atoms with Crippen LogP contribution in [0.2, 0.25) is 0 Å². The van der Waals surface area contributed by atoms with Crippen molar-refractivity contribution in [2.24, 2.45) is 0 Å². The normalized spacial score (nSPS) is 19.8. The second-order valence-corrected chi connectivity index (χ2v) is 9.68. The lowest BCUT2D eigenvalue weighted by atomic mass is 9.80.